The smallest absolute Gasteiger partial charge is 0.222 e. The number of hydrogen-bond acceptors (Lipinski definition) is 4. The molecule has 1 aliphatic rings. The van der Waals surface area contributed by atoms with Gasteiger partial charge >= 0.3 is 0 Å². The Bertz CT molecular complexity index is 1590. The molecule has 6 rings (SSSR count). The number of benzene rings is 4. The van der Waals surface area contributed by atoms with Gasteiger partial charge < -0.3 is 10.2 Å². The Kier molecular flexibility index (Phi) is 8.76. The van der Waals surface area contributed by atoms with Crippen LogP contribution in [-0.2, 0) is 4.79 Å². The third kappa shape index (κ3) is 6.23. The predicted molar refractivity (Wildman–Crippen MR) is 173 cm³/mol. The molecule has 0 saturated carbocycles. The summed E-state index contributed by atoms with van der Waals surface area (Å²) in [4.78, 5) is 19.1. The lowest BCUT2D eigenvalue weighted by atomic mass is 9.89. The first-order valence-corrected chi connectivity index (χ1v) is 15.7. The molecule has 5 aromatic rings. The molecule has 4 nitrogen and oxygen atoms in total. The molecule has 4 aromatic carbocycles. The van der Waals surface area contributed by atoms with E-state index < -0.39 is 0 Å². The number of carbonyl (C=O) groups is 1. The van der Waals surface area contributed by atoms with E-state index in [0.29, 0.717) is 12.5 Å². The van der Waals surface area contributed by atoms with Gasteiger partial charge in [-0.25, -0.2) is 0 Å². The molecule has 1 saturated heterocycles. The quantitative estimate of drug-likeness (QED) is 0.192. The second kappa shape index (κ2) is 13.0. The van der Waals surface area contributed by atoms with Gasteiger partial charge in [-0.2, -0.15) is 0 Å². The number of carbonyl (C=O) groups excluding carboxylic acids is 1. The molecule has 210 valence electrons. The van der Waals surface area contributed by atoms with Crippen LogP contribution < -0.4 is 5.32 Å². The van der Waals surface area contributed by atoms with E-state index in [2.05, 4.69) is 113 Å². The molecule has 2 atom stereocenters. The molecule has 5 heteroatoms. The highest BCUT2D eigenvalue weighted by Gasteiger charge is 2.25. The number of hydrogen-bond donors (Lipinski definition) is 1. The van der Waals surface area contributed by atoms with E-state index in [0.717, 1.165) is 45.6 Å². The normalized spacial score (nSPS) is 16.7. The lowest BCUT2D eigenvalue weighted by Gasteiger charge is -2.37. The number of rotatable bonds is 10. The predicted octanol–water partition coefficient (Wildman–Crippen LogP) is 7.46. The van der Waals surface area contributed by atoms with Crippen molar-refractivity contribution in [3.8, 4) is 0 Å². The number of thiophene rings is 1. The maximum atomic E-state index is 13.3. The molecule has 1 aromatic heterocycles. The Morgan fingerprint density at radius 2 is 1.66 bits per heavy atom. The fraction of sp³-hybridized carbons (Fsp3) is 0.306. The molecular formula is C36H39N3OS. The minimum absolute atomic E-state index is 0.240. The zero-order chi connectivity index (χ0) is 28.0. The average Bonchev–Trinajstić information content (AvgIpc) is 3.56. The Morgan fingerprint density at radius 3 is 2.46 bits per heavy atom. The van der Waals surface area contributed by atoms with Gasteiger partial charge in [0.05, 0.1) is 0 Å². The first-order chi connectivity index (χ1) is 20.2. The third-order valence-corrected chi connectivity index (χ3v) is 9.62. The minimum Gasteiger partial charge on any atom is -0.346 e. The highest BCUT2D eigenvalue weighted by atomic mass is 32.1. The topological polar surface area (TPSA) is 35.6 Å². The van der Waals surface area contributed by atoms with Crippen molar-refractivity contribution in [3.63, 3.8) is 0 Å². The lowest BCUT2D eigenvalue weighted by molar-refractivity contribution is -0.130. The van der Waals surface area contributed by atoms with Gasteiger partial charge in [-0.05, 0) is 63.5 Å². The van der Waals surface area contributed by atoms with E-state index in [1.165, 1.54) is 37.5 Å². The number of amides is 1. The molecule has 0 bridgehead atoms. The molecule has 0 spiro atoms. The van der Waals surface area contributed by atoms with Gasteiger partial charge in [0.15, 0.2) is 0 Å². The fourth-order valence-electron chi connectivity index (χ4n) is 6.43. The summed E-state index contributed by atoms with van der Waals surface area (Å²) >= 11 is 1.81. The van der Waals surface area contributed by atoms with E-state index in [1.54, 1.807) is 0 Å². The van der Waals surface area contributed by atoms with E-state index in [4.69, 9.17) is 0 Å². The highest BCUT2D eigenvalue weighted by molar-refractivity contribution is 7.10. The van der Waals surface area contributed by atoms with Crippen molar-refractivity contribution in [2.45, 2.75) is 31.2 Å². The van der Waals surface area contributed by atoms with Crippen LogP contribution in [0.3, 0.4) is 0 Å². The van der Waals surface area contributed by atoms with Gasteiger partial charge in [0.25, 0.3) is 0 Å². The zero-order valence-electron chi connectivity index (χ0n) is 23.8. The van der Waals surface area contributed by atoms with Crippen LogP contribution in [-0.4, -0.2) is 55.5 Å². The molecule has 0 aliphatic carbocycles. The molecule has 1 fully saturated rings. The van der Waals surface area contributed by atoms with Crippen LogP contribution in [0.5, 0.6) is 0 Å². The summed E-state index contributed by atoms with van der Waals surface area (Å²) in [5, 5.41) is 10.9. The van der Waals surface area contributed by atoms with E-state index in [9.17, 15) is 4.79 Å². The highest BCUT2D eigenvalue weighted by Crippen LogP contribution is 2.36. The maximum Gasteiger partial charge on any atom is 0.222 e. The molecule has 0 radical (unpaired) electrons. The van der Waals surface area contributed by atoms with Crippen LogP contribution in [0.2, 0.25) is 0 Å². The second-order valence-corrected chi connectivity index (χ2v) is 12.1. The van der Waals surface area contributed by atoms with Crippen LogP contribution in [0.4, 0.5) is 0 Å². The molecule has 1 N–H and O–H groups in total. The lowest BCUT2D eigenvalue weighted by Crippen LogP contribution is -2.46. The monoisotopic (exact) mass is 561 g/mol. The first-order valence-electron chi connectivity index (χ1n) is 14.9. The van der Waals surface area contributed by atoms with E-state index >= 15 is 0 Å². The molecule has 41 heavy (non-hydrogen) atoms. The fourth-order valence-corrected chi connectivity index (χ4v) is 7.31. The van der Waals surface area contributed by atoms with Crippen molar-refractivity contribution in [3.05, 3.63) is 118 Å². The summed E-state index contributed by atoms with van der Waals surface area (Å²) in [6, 6.07) is 35.2. The Morgan fingerprint density at radius 1 is 0.927 bits per heavy atom. The molecule has 2 heterocycles. The zero-order valence-corrected chi connectivity index (χ0v) is 24.7. The van der Waals surface area contributed by atoms with E-state index in [-0.39, 0.29) is 11.8 Å². The molecular weight excluding hydrogens is 522 g/mol. The first kappa shape index (κ1) is 27.6. The Hall–Kier alpha value is -3.51. The second-order valence-electron chi connectivity index (χ2n) is 11.2. The number of nitrogens with one attached hydrogen (secondary N) is 1. The van der Waals surface area contributed by atoms with E-state index in [1.807, 2.05) is 23.3 Å². The standard InChI is InChI=1S/C36H39N3OS/c1-38(23-20-33(35-18-9-25-41-35)31-16-6-12-27-10-2-4-14-29(27)31)36(40)19-8-22-39-24-21-37-26-34(39)32-17-7-13-28-11-3-5-15-30(28)32/h2-7,9-18,25,33-34,37H,8,19-24,26H2,1H3. The summed E-state index contributed by atoms with van der Waals surface area (Å²) in [6.45, 7) is 4.62. The summed E-state index contributed by atoms with van der Waals surface area (Å²) in [5.41, 5.74) is 2.73. The van der Waals surface area contributed by atoms with Gasteiger partial charge in [0.1, 0.15) is 0 Å². The van der Waals surface area contributed by atoms with Crippen LogP contribution in [0.15, 0.2) is 102 Å². The largest absolute Gasteiger partial charge is 0.346 e. The summed E-state index contributed by atoms with van der Waals surface area (Å²) < 4.78 is 0. The van der Waals surface area contributed by atoms with Gasteiger partial charge in [-0.3, -0.25) is 9.69 Å². The minimum atomic E-state index is 0.240. The van der Waals surface area contributed by atoms with Crippen molar-refractivity contribution < 1.29 is 4.79 Å². The van der Waals surface area contributed by atoms with Crippen molar-refractivity contribution in [2.75, 3.05) is 39.8 Å². The van der Waals surface area contributed by atoms with Crippen molar-refractivity contribution in [1.29, 1.82) is 0 Å². The number of fused-ring (bicyclic) bond motifs is 2. The van der Waals surface area contributed by atoms with Crippen LogP contribution in [0.25, 0.3) is 21.5 Å². The SMILES string of the molecule is CN(CCC(c1cccs1)c1cccc2ccccc12)C(=O)CCCN1CCNCC1c1cccc2ccccc12. The maximum absolute atomic E-state index is 13.3. The third-order valence-electron chi connectivity index (χ3n) is 8.64. The van der Waals surface area contributed by atoms with Crippen LogP contribution in [0.1, 0.15) is 47.2 Å². The summed E-state index contributed by atoms with van der Waals surface area (Å²) in [5.74, 6) is 0.517. The van der Waals surface area contributed by atoms with Crippen molar-refractivity contribution in [1.82, 2.24) is 15.1 Å². The molecule has 2 unspecified atom stereocenters. The average molecular weight is 562 g/mol. The van der Waals surface area contributed by atoms with Crippen LogP contribution in [0, 0.1) is 0 Å². The van der Waals surface area contributed by atoms with Gasteiger partial charge in [0.2, 0.25) is 5.91 Å². The Balaban J connectivity index is 1.08. The van der Waals surface area contributed by atoms with Gasteiger partial charge in [0, 0.05) is 56.5 Å². The van der Waals surface area contributed by atoms with Gasteiger partial charge in [-0.15, -0.1) is 11.3 Å². The number of piperazine rings is 1. The Labute approximate surface area is 247 Å². The summed E-state index contributed by atoms with van der Waals surface area (Å²) in [7, 11) is 1.97. The van der Waals surface area contributed by atoms with Crippen LogP contribution >= 0.6 is 11.3 Å². The van der Waals surface area contributed by atoms with Crippen molar-refractivity contribution >= 4 is 38.8 Å². The van der Waals surface area contributed by atoms with Gasteiger partial charge in [-0.1, -0.05) is 91.0 Å². The summed E-state index contributed by atoms with van der Waals surface area (Å²) in [6.07, 6.45) is 2.38. The van der Waals surface area contributed by atoms with Crippen molar-refractivity contribution in [2.24, 2.45) is 0 Å². The molecule has 1 amide bonds. The number of nitrogens with zero attached hydrogens (tertiary/aromatic N) is 2. The molecule has 1 aliphatic heterocycles.